The van der Waals surface area contributed by atoms with Crippen LogP contribution in [0.4, 0.5) is 11.4 Å². The second-order valence-electron chi connectivity index (χ2n) is 6.56. The molecule has 0 radical (unpaired) electrons. The molecule has 7 heteroatoms. The van der Waals surface area contributed by atoms with E-state index in [1.54, 1.807) is 0 Å². The Morgan fingerprint density at radius 3 is 2.14 bits per heavy atom. The van der Waals surface area contributed by atoms with Gasteiger partial charge in [-0.25, -0.2) is 0 Å². The summed E-state index contributed by atoms with van der Waals surface area (Å²) in [5.74, 6) is -0.324. The molecule has 148 valence electrons. The zero-order valence-electron chi connectivity index (χ0n) is 15.7. The molecule has 0 fully saturated rings. The number of rotatable bonds is 7. The first-order valence-corrected chi connectivity index (χ1v) is 9.44. The third kappa shape index (κ3) is 5.19. The van der Waals surface area contributed by atoms with Gasteiger partial charge in [-0.1, -0.05) is 72.3 Å². The number of carbonyl (C=O) groups is 1. The average Bonchev–Trinajstić information content (AvgIpc) is 2.74. The van der Waals surface area contributed by atoms with Crippen molar-refractivity contribution in [2.45, 2.75) is 19.0 Å². The zero-order valence-corrected chi connectivity index (χ0v) is 16.5. The number of carbonyl (C=O) groups excluding carboxylic acids is 1. The Labute approximate surface area is 173 Å². The van der Waals surface area contributed by atoms with E-state index >= 15 is 0 Å². The summed E-state index contributed by atoms with van der Waals surface area (Å²) in [6, 6.07) is 22.6. The Kier molecular flexibility index (Phi) is 6.59. The highest BCUT2D eigenvalue weighted by molar-refractivity contribution is 6.32. The van der Waals surface area contributed by atoms with Gasteiger partial charge in [-0.05, 0) is 30.2 Å². The fourth-order valence-electron chi connectivity index (χ4n) is 3.00. The van der Waals surface area contributed by atoms with Gasteiger partial charge in [-0.15, -0.1) is 0 Å². The standard InChI is InChI=1S/C22H20ClN3O3/c1-15(16-8-4-2-5-9-16)24-21(17-10-6-3-7-11-17)22(27)25-18-12-13-19(23)20(14-18)26(28)29/h2-15,21,24H,1H3,(H,25,27)/t15-,21-/m0/s1. The monoisotopic (exact) mass is 409 g/mol. The van der Waals surface area contributed by atoms with Gasteiger partial charge in [0, 0.05) is 17.8 Å². The van der Waals surface area contributed by atoms with Gasteiger partial charge < -0.3 is 5.32 Å². The maximum atomic E-state index is 13.1. The first-order valence-electron chi connectivity index (χ1n) is 9.06. The van der Waals surface area contributed by atoms with E-state index in [1.165, 1.54) is 18.2 Å². The number of nitrogens with zero attached hydrogens (tertiary/aromatic N) is 1. The van der Waals surface area contributed by atoms with E-state index in [9.17, 15) is 14.9 Å². The van der Waals surface area contributed by atoms with Crippen molar-refractivity contribution in [2.24, 2.45) is 0 Å². The highest BCUT2D eigenvalue weighted by Crippen LogP contribution is 2.28. The number of halogens is 1. The van der Waals surface area contributed by atoms with E-state index < -0.39 is 11.0 Å². The van der Waals surface area contributed by atoms with Crippen molar-refractivity contribution >= 4 is 28.9 Å². The Bertz CT molecular complexity index is 997. The number of anilines is 1. The van der Waals surface area contributed by atoms with Gasteiger partial charge in [0.15, 0.2) is 0 Å². The lowest BCUT2D eigenvalue weighted by atomic mass is 10.0. The van der Waals surface area contributed by atoms with Crippen molar-refractivity contribution < 1.29 is 9.72 Å². The van der Waals surface area contributed by atoms with E-state index in [1.807, 2.05) is 67.6 Å². The fraction of sp³-hybridized carbons (Fsp3) is 0.136. The van der Waals surface area contributed by atoms with Crippen LogP contribution in [0.5, 0.6) is 0 Å². The molecule has 0 saturated heterocycles. The molecule has 3 aromatic rings. The van der Waals surface area contributed by atoms with Gasteiger partial charge in [-0.2, -0.15) is 0 Å². The minimum absolute atomic E-state index is 0.0171. The molecule has 29 heavy (non-hydrogen) atoms. The normalized spacial score (nSPS) is 12.8. The van der Waals surface area contributed by atoms with Crippen LogP contribution < -0.4 is 10.6 Å². The predicted octanol–water partition coefficient (Wildman–Crippen LogP) is 5.28. The third-order valence-corrected chi connectivity index (χ3v) is 4.84. The smallest absolute Gasteiger partial charge is 0.289 e. The van der Waals surface area contributed by atoms with Crippen LogP contribution >= 0.6 is 11.6 Å². The molecule has 0 aliphatic carbocycles. The van der Waals surface area contributed by atoms with Gasteiger partial charge in [0.25, 0.3) is 5.69 Å². The lowest BCUT2D eigenvalue weighted by Crippen LogP contribution is -2.34. The van der Waals surface area contributed by atoms with E-state index in [0.29, 0.717) is 5.69 Å². The first kappa shape index (κ1) is 20.5. The SMILES string of the molecule is C[C@H](N[C@H](C(=O)Nc1ccc(Cl)c([N+](=O)[O-])c1)c1ccccc1)c1ccccc1. The van der Waals surface area contributed by atoms with Crippen molar-refractivity contribution in [1.82, 2.24) is 5.32 Å². The summed E-state index contributed by atoms with van der Waals surface area (Å²) >= 11 is 5.86. The van der Waals surface area contributed by atoms with Crippen LogP contribution in [-0.4, -0.2) is 10.8 Å². The molecule has 0 unspecified atom stereocenters. The molecule has 0 aliphatic heterocycles. The molecule has 1 amide bonds. The minimum atomic E-state index is -0.652. The number of hydrogen-bond acceptors (Lipinski definition) is 4. The number of benzene rings is 3. The molecule has 0 bridgehead atoms. The summed E-state index contributed by atoms with van der Waals surface area (Å²) in [5.41, 5.74) is 1.88. The summed E-state index contributed by atoms with van der Waals surface area (Å²) in [6.07, 6.45) is 0. The minimum Gasteiger partial charge on any atom is -0.324 e. The summed E-state index contributed by atoms with van der Waals surface area (Å²) in [5, 5.41) is 17.2. The highest BCUT2D eigenvalue weighted by Gasteiger charge is 2.24. The Morgan fingerprint density at radius 2 is 1.55 bits per heavy atom. The molecule has 6 nitrogen and oxygen atoms in total. The van der Waals surface area contributed by atoms with E-state index in [-0.39, 0.29) is 22.7 Å². The lowest BCUT2D eigenvalue weighted by molar-refractivity contribution is -0.384. The predicted molar refractivity (Wildman–Crippen MR) is 114 cm³/mol. The summed E-state index contributed by atoms with van der Waals surface area (Å²) in [4.78, 5) is 23.6. The number of amides is 1. The second-order valence-corrected chi connectivity index (χ2v) is 6.96. The molecular formula is C22H20ClN3O3. The van der Waals surface area contributed by atoms with Crippen LogP contribution in [0, 0.1) is 10.1 Å². The first-order chi connectivity index (χ1) is 14.0. The van der Waals surface area contributed by atoms with Crippen molar-refractivity contribution in [1.29, 1.82) is 0 Å². The largest absolute Gasteiger partial charge is 0.324 e. The van der Waals surface area contributed by atoms with Crippen LogP contribution in [0.2, 0.25) is 5.02 Å². The lowest BCUT2D eigenvalue weighted by Gasteiger charge is -2.23. The van der Waals surface area contributed by atoms with E-state index in [2.05, 4.69) is 10.6 Å². The number of hydrogen-bond donors (Lipinski definition) is 2. The maximum Gasteiger partial charge on any atom is 0.289 e. The number of nitrogens with one attached hydrogen (secondary N) is 2. The van der Waals surface area contributed by atoms with Crippen LogP contribution in [0.3, 0.4) is 0 Å². The van der Waals surface area contributed by atoms with Crippen molar-refractivity contribution in [2.75, 3.05) is 5.32 Å². The second kappa shape index (κ2) is 9.32. The van der Waals surface area contributed by atoms with Crippen LogP contribution in [0.15, 0.2) is 78.9 Å². The van der Waals surface area contributed by atoms with Gasteiger partial charge in [0.1, 0.15) is 11.1 Å². The van der Waals surface area contributed by atoms with Crippen LogP contribution in [0.25, 0.3) is 0 Å². The summed E-state index contributed by atoms with van der Waals surface area (Å²) in [6.45, 7) is 1.98. The Morgan fingerprint density at radius 1 is 0.966 bits per heavy atom. The molecular weight excluding hydrogens is 390 g/mol. The Hall–Kier alpha value is -3.22. The third-order valence-electron chi connectivity index (χ3n) is 4.52. The average molecular weight is 410 g/mol. The highest BCUT2D eigenvalue weighted by atomic mass is 35.5. The number of nitro groups is 1. The van der Waals surface area contributed by atoms with Crippen molar-refractivity contribution in [3.05, 3.63) is 105 Å². The molecule has 2 N–H and O–H groups in total. The Balaban J connectivity index is 1.85. The van der Waals surface area contributed by atoms with Crippen LogP contribution in [0.1, 0.15) is 30.1 Å². The summed E-state index contributed by atoms with van der Waals surface area (Å²) < 4.78 is 0. The molecule has 0 spiro atoms. The van der Waals surface area contributed by atoms with Crippen molar-refractivity contribution in [3.63, 3.8) is 0 Å². The van der Waals surface area contributed by atoms with Gasteiger partial charge in [0.2, 0.25) is 5.91 Å². The van der Waals surface area contributed by atoms with Crippen molar-refractivity contribution in [3.8, 4) is 0 Å². The molecule has 3 rings (SSSR count). The van der Waals surface area contributed by atoms with Gasteiger partial charge >= 0.3 is 0 Å². The van der Waals surface area contributed by atoms with Gasteiger partial charge in [-0.3, -0.25) is 20.2 Å². The molecule has 0 aromatic heterocycles. The maximum absolute atomic E-state index is 13.1. The topological polar surface area (TPSA) is 84.3 Å². The number of nitro benzene ring substituents is 1. The zero-order chi connectivity index (χ0) is 20.8. The molecule has 0 saturated carbocycles. The fourth-order valence-corrected chi connectivity index (χ4v) is 3.19. The van der Waals surface area contributed by atoms with Gasteiger partial charge in [0.05, 0.1) is 4.92 Å². The molecule has 3 aromatic carbocycles. The van der Waals surface area contributed by atoms with E-state index in [4.69, 9.17) is 11.6 Å². The van der Waals surface area contributed by atoms with Crippen LogP contribution in [-0.2, 0) is 4.79 Å². The molecule has 2 atom stereocenters. The van der Waals surface area contributed by atoms with E-state index in [0.717, 1.165) is 11.1 Å². The summed E-state index contributed by atoms with van der Waals surface area (Å²) in [7, 11) is 0. The quantitative estimate of drug-likeness (QED) is 0.410. The molecule has 0 heterocycles. The molecule has 0 aliphatic rings.